The molecule has 0 radical (unpaired) electrons. The van der Waals surface area contributed by atoms with Crippen LogP contribution in [0.2, 0.25) is 5.02 Å². The van der Waals surface area contributed by atoms with Gasteiger partial charge in [-0.15, -0.1) is 0 Å². The molecule has 20 heavy (non-hydrogen) atoms. The lowest BCUT2D eigenvalue weighted by Gasteiger charge is -2.28. The van der Waals surface area contributed by atoms with Crippen LogP contribution in [0.25, 0.3) is 0 Å². The maximum Gasteiger partial charge on any atom is 0.142 e. The molecule has 3 rings (SSSR count). The molecule has 0 spiro atoms. The number of halogens is 2. The largest absolute Gasteiger partial charge is 0.330 e. The summed E-state index contributed by atoms with van der Waals surface area (Å²) in [6, 6.07) is 13.4. The maximum atomic E-state index is 13.6. The van der Waals surface area contributed by atoms with Crippen molar-refractivity contribution in [1.82, 2.24) is 0 Å². The van der Waals surface area contributed by atoms with Crippen molar-refractivity contribution in [3.63, 3.8) is 0 Å². The Balaban J connectivity index is 1.91. The molecule has 0 fully saturated rings. The van der Waals surface area contributed by atoms with Gasteiger partial charge in [0.1, 0.15) is 5.82 Å². The van der Waals surface area contributed by atoms with E-state index in [1.54, 1.807) is 6.07 Å². The van der Waals surface area contributed by atoms with Gasteiger partial charge in [0, 0.05) is 0 Å². The van der Waals surface area contributed by atoms with Crippen molar-refractivity contribution in [3.8, 4) is 0 Å². The van der Waals surface area contributed by atoms with Crippen LogP contribution in [0.15, 0.2) is 42.5 Å². The van der Waals surface area contributed by atoms with E-state index in [0.717, 1.165) is 24.8 Å². The summed E-state index contributed by atoms with van der Waals surface area (Å²) in [6.07, 6.45) is 2.59. The zero-order valence-corrected chi connectivity index (χ0v) is 12.0. The molecular formula is C17H17ClFN. The molecule has 0 saturated heterocycles. The van der Waals surface area contributed by atoms with Crippen LogP contribution in [0.3, 0.4) is 0 Å². The van der Waals surface area contributed by atoms with Crippen molar-refractivity contribution in [3.05, 3.63) is 70.0 Å². The van der Waals surface area contributed by atoms with Gasteiger partial charge in [0.2, 0.25) is 0 Å². The first-order valence-electron chi connectivity index (χ1n) is 6.83. The highest BCUT2D eigenvalue weighted by molar-refractivity contribution is 6.31. The first kappa shape index (κ1) is 13.6. The van der Waals surface area contributed by atoms with Crippen molar-refractivity contribution in [1.29, 1.82) is 0 Å². The van der Waals surface area contributed by atoms with Gasteiger partial charge in [-0.25, -0.2) is 4.39 Å². The Labute approximate surface area is 123 Å². The zero-order valence-electron chi connectivity index (χ0n) is 11.2. The second-order valence-electron chi connectivity index (χ2n) is 5.72. The van der Waals surface area contributed by atoms with Crippen molar-refractivity contribution >= 4 is 11.6 Å². The standard InChI is InChI=1S/C17H17ClFN/c18-16-14(6-3-7-15(16)19)10-17(11-20)8-12-4-1-2-5-13(12)9-17/h1-7H,8-11,20H2. The van der Waals surface area contributed by atoms with Crippen molar-refractivity contribution in [2.45, 2.75) is 19.3 Å². The third-order valence-electron chi connectivity index (χ3n) is 4.28. The van der Waals surface area contributed by atoms with Gasteiger partial charge in [0.05, 0.1) is 5.02 Å². The summed E-state index contributed by atoms with van der Waals surface area (Å²) in [7, 11) is 0. The molecule has 0 aromatic heterocycles. The summed E-state index contributed by atoms with van der Waals surface area (Å²) in [5, 5.41) is 0.233. The third kappa shape index (κ3) is 2.34. The molecule has 0 atom stereocenters. The maximum absolute atomic E-state index is 13.6. The predicted molar refractivity (Wildman–Crippen MR) is 80.5 cm³/mol. The molecule has 0 aliphatic heterocycles. The molecule has 3 heteroatoms. The topological polar surface area (TPSA) is 26.0 Å². The molecule has 1 aliphatic carbocycles. The Bertz CT molecular complexity index is 614. The fourth-order valence-electron chi connectivity index (χ4n) is 3.20. The van der Waals surface area contributed by atoms with E-state index in [4.69, 9.17) is 17.3 Å². The van der Waals surface area contributed by atoms with Crippen molar-refractivity contribution < 1.29 is 4.39 Å². The Morgan fingerprint density at radius 3 is 2.30 bits per heavy atom. The fraction of sp³-hybridized carbons (Fsp3) is 0.294. The molecule has 0 unspecified atom stereocenters. The summed E-state index contributed by atoms with van der Waals surface area (Å²) in [5.41, 5.74) is 9.56. The second kappa shape index (κ2) is 5.19. The van der Waals surface area contributed by atoms with Crippen LogP contribution in [-0.4, -0.2) is 6.54 Å². The Kier molecular flexibility index (Phi) is 3.53. The number of rotatable bonds is 3. The van der Waals surface area contributed by atoms with Gasteiger partial charge in [-0.3, -0.25) is 0 Å². The molecular weight excluding hydrogens is 273 g/mol. The monoisotopic (exact) mass is 289 g/mol. The smallest absolute Gasteiger partial charge is 0.142 e. The van der Waals surface area contributed by atoms with Gasteiger partial charge in [-0.2, -0.15) is 0 Å². The van der Waals surface area contributed by atoms with Gasteiger partial charge in [-0.05, 0) is 54.0 Å². The Morgan fingerprint density at radius 1 is 1.05 bits per heavy atom. The van der Waals surface area contributed by atoms with Crippen molar-refractivity contribution in [2.75, 3.05) is 6.54 Å². The number of fused-ring (bicyclic) bond motifs is 1. The minimum Gasteiger partial charge on any atom is -0.330 e. The molecule has 2 N–H and O–H groups in total. The second-order valence-corrected chi connectivity index (χ2v) is 6.09. The van der Waals surface area contributed by atoms with E-state index in [1.165, 1.54) is 17.2 Å². The average molecular weight is 290 g/mol. The van der Waals surface area contributed by atoms with Gasteiger partial charge in [0.15, 0.2) is 0 Å². The average Bonchev–Trinajstić information content (AvgIpc) is 2.83. The molecule has 1 nitrogen and oxygen atoms in total. The molecule has 2 aromatic rings. The predicted octanol–water partition coefficient (Wildman–Crippen LogP) is 3.77. The fourth-order valence-corrected chi connectivity index (χ4v) is 3.40. The van der Waals surface area contributed by atoms with Gasteiger partial charge in [0.25, 0.3) is 0 Å². The van der Waals surface area contributed by atoms with E-state index in [1.807, 2.05) is 6.07 Å². The van der Waals surface area contributed by atoms with Gasteiger partial charge >= 0.3 is 0 Å². The highest BCUT2D eigenvalue weighted by atomic mass is 35.5. The Hall–Kier alpha value is -1.38. The summed E-state index contributed by atoms with van der Waals surface area (Å²) in [5.74, 6) is -0.355. The van der Waals surface area contributed by atoms with E-state index in [9.17, 15) is 4.39 Å². The van der Waals surface area contributed by atoms with Crippen LogP contribution in [0.5, 0.6) is 0 Å². The van der Waals surface area contributed by atoms with Gasteiger partial charge < -0.3 is 5.73 Å². The van der Waals surface area contributed by atoms with E-state index < -0.39 is 0 Å². The van der Waals surface area contributed by atoms with Crippen LogP contribution >= 0.6 is 11.6 Å². The van der Waals surface area contributed by atoms with Crippen LogP contribution < -0.4 is 5.73 Å². The number of benzene rings is 2. The van der Waals surface area contributed by atoms with Crippen LogP contribution in [0.4, 0.5) is 4.39 Å². The summed E-state index contributed by atoms with van der Waals surface area (Å²) < 4.78 is 13.6. The minimum absolute atomic E-state index is 0.0406. The van der Waals surface area contributed by atoms with E-state index >= 15 is 0 Å². The molecule has 0 amide bonds. The summed E-state index contributed by atoms with van der Waals surface area (Å²) in [6.45, 7) is 0.578. The number of hydrogen-bond acceptors (Lipinski definition) is 1. The highest BCUT2D eigenvalue weighted by Crippen LogP contribution is 2.40. The normalized spacial score (nSPS) is 16.1. The van der Waals surface area contributed by atoms with E-state index in [2.05, 4.69) is 24.3 Å². The van der Waals surface area contributed by atoms with E-state index in [0.29, 0.717) is 6.54 Å². The molecule has 0 bridgehead atoms. The van der Waals surface area contributed by atoms with Crippen LogP contribution in [-0.2, 0) is 19.3 Å². The molecule has 0 saturated carbocycles. The lowest BCUT2D eigenvalue weighted by Crippen LogP contribution is -2.33. The third-order valence-corrected chi connectivity index (χ3v) is 4.70. The van der Waals surface area contributed by atoms with Gasteiger partial charge in [-0.1, -0.05) is 48.0 Å². The van der Waals surface area contributed by atoms with Crippen LogP contribution in [0.1, 0.15) is 16.7 Å². The lowest BCUT2D eigenvalue weighted by molar-refractivity contribution is 0.314. The summed E-state index contributed by atoms with van der Waals surface area (Å²) >= 11 is 6.09. The molecule has 2 aromatic carbocycles. The van der Waals surface area contributed by atoms with Crippen LogP contribution in [0, 0.1) is 11.2 Å². The first-order valence-corrected chi connectivity index (χ1v) is 7.21. The molecule has 1 aliphatic rings. The zero-order chi connectivity index (χ0) is 14.2. The lowest BCUT2D eigenvalue weighted by atomic mass is 9.79. The SMILES string of the molecule is NCC1(Cc2cccc(F)c2Cl)Cc2ccccc2C1. The number of nitrogens with two attached hydrogens (primary N) is 1. The molecule has 0 heterocycles. The molecule has 104 valence electrons. The Morgan fingerprint density at radius 2 is 1.70 bits per heavy atom. The summed E-state index contributed by atoms with van der Waals surface area (Å²) in [4.78, 5) is 0. The quantitative estimate of drug-likeness (QED) is 0.915. The number of hydrogen-bond donors (Lipinski definition) is 1. The van der Waals surface area contributed by atoms with Crippen molar-refractivity contribution in [2.24, 2.45) is 11.1 Å². The minimum atomic E-state index is -0.355. The highest BCUT2D eigenvalue weighted by Gasteiger charge is 2.36. The first-order chi connectivity index (χ1) is 9.63. The van der Waals surface area contributed by atoms with E-state index in [-0.39, 0.29) is 16.3 Å².